The second-order valence-electron chi connectivity index (χ2n) is 12.4. The van der Waals surface area contributed by atoms with Gasteiger partial charge in [-0.15, -0.1) is 0 Å². The van der Waals surface area contributed by atoms with E-state index in [0.29, 0.717) is 48.0 Å². The Bertz CT molecular complexity index is 810. The molecule has 2 saturated carbocycles. The summed E-state index contributed by atoms with van der Waals surface area (Å²) in [6.07, 6.45) is 12.1. The summed E-state index contributed by atoms with van der Waals surface area (Å²) in [5, 5.41) is 21.3. The second kappa shape index (κ2) is 6.68. The van der Waals surface area contributed by atoms with Gasteiger partial charge in [-0.3, -0.25) is 0 Å². The molecule has 31 heavy (non-hydrogen) atoms. The van der Waals surface area contributed by atoms with Gasteiger partial charge in [-0.05, 0) is 66.3 Å². The van der Waals surface area contributed by atoms with Crippen LogP contribution in [0.25, 0.3) is 0 Å². The van der Waals surface area contributed by atoms with Crippen LogP contribution in [0.1, 0.15) is 66.2 Å². The number of aliphatic hydroxyl groups excluding tert-OH is 2. The van der Waals surface area contributed by atoms with Crippen LogP contribution in [0, 0.1) is 46.3 Å². The van der Waals surface area contributed by atoms with Crippen LogP contribution in [0.15, 0.2) is 23.8 Å². The Kier molecular flexibility index (Phi) is 4.50. The molecule has 6 rings (SSSR count). The van der Waals surface area contributed by atoms with Crippen molar-refractivity contribution >= 4 is 0 Å². The first-order valence-corrected chi connectivity index (χ1v) is 12.8. The van der Waals surface area contributed by atoms with Gasteiger partial charge in [0.2, 0.25) is 0 Å². The maximum atomic E-state index is 11.1. The van der Waals surface area contributed by atoms with Gasteiger partial charge < -0.3 is 19.7 Å². The van der Waals surface area contributed by atoms with E-state index in [9.17, 15) is 10.2 Å². The van der Waals surface area contributed by atoms with Crippen LogP contribution in [-0.4, -0.2) is 40.9 Å². The zero-order valence-electron chi connectivity index (χ0n) is 19.6. The standard InChI is InChI=1S/C27H40O4/c1-15-7-10-27(30-14-15)16(2)24-22(31-27)13-21-19-6-5-17-11-18(28)12-23(29)26(17,4)20(19)8-9-25(21,24)3/h5-6,11,15-16,18-24,28-29H,7-10,12-14H2,1-4H3/t15-,16+,18-,19-,20+,21+,22+,23+,24+,25+,26+,27-/m1/s1. The molecule has 0 aromatic rings. The second-order valence-corrected chi connectivity index (χ2v) is 12.4. The van der Waals surface area contributed by atoms with Crippen LogP contribution in [0.2, 0.25) is 0 Å². The van der Waals surface area contributed by atoms with Gasteiger partial charge in [0.15, 0.2) is 5.79 Å². The summed E-state index contributed by atoms with van der Waals surface area (Å²) in [5.74, 6) is 2.80. The summed E-state index contributed by atoms with van der Waals surface area (Å²) in [4.78, 5) is 0. The highest BCUT2D eigenvalue weighted by molar-refractivity contribution is 5.38. The van der Waals surface area contributed by atoms with E-state index in [2.05, 4.69) is 39.8 Å². The van der Waals surface area contributed by atoms with Crippen LogP contribution in [0.3, 0.4) is 0 Å². The Morgan fingerprint density at radius 2 is 1.84 bits per heavy atom. The fourth-order valence-corrected chi connectivity index (χ4v) is 9.22. The molecule has 0 amide bonds. The van der Waals surface area contributed by atoms with E-state index in [1.54, 1.807) is 0 Å². The first-order chi connectivity index (χ1) is 14.7. The van der Waals surface area contributed by atoms with E-state index in [-0.39, 0.29) is 16.6 Å². The zero-order chi connectivity index (χ0) is 21.8. The maximum Gasteiger partial charge on any atom is 0.171 e. The van der Waals surface area contributed by atoms with Gasteiger partial charge in [0.1, 0.15) is 0 Å². The molecule has 172 valence electrons. The van der Waals surface area contributed by atoms with Crippen molar-refractivity contribution < 1.29 is 19.7 Å². The SMILES string of the molecule is C[C@@H]1CC[C@@]2(OC1)O[C@H]1C[C@H]3[C@@H]4C=CC5=C[C@@H](O)C[C@H](O)[C@]5(C)[C@H]4CC[C@]3(C)[C@H]1[C@@H]2C. The molecule has 4 heteroatoms. The lowest BCUT2D eigenvalue weighted by atomic mass is 9.47. The highest BCUT2D eigenvalue weighted by atomic mass is 16.7. The largest absolute Gasteiger partial charge is 0.392 e. The Morgan fingerprint density at radius 1 is 1.03 bits per heavy atom. The molecule has 0 unspecified atom stereocenters. The fraction of sp³-hybridized carbons (Fsp3) is 0.852. The number of fused-ring (bicyclic) bond motifs is 7. The molecule has 0 aromatic heterocycles. The third kappa shape index (κ3) is 2.62. The first kappa shape index (κ1) is 20.9. The first-order valence-electron chi connectivity index (χ1n) is 12.8. The quantitative estimate of drug-likeness (QED) is 0.598. The predicted octanol–water partition coefficient (Wildman–Crippen LogP) is 4.46. The van der Waals surface area contributed by atoms with Crippen LogP contribution in [-0.2, 0) is 9.47 Å². The number of ether oxygens (including phenoxy) is 2. The van der Waals surface area contributed by atoms with Gasteiger partial charge in [-0.25, -0.2) is 0 Å². The summed E-state index contributed by atoms with van der Waals surface area (Å²) < 4.78 is 13.3. The Labute approximate surface area is 187 Å². The minimum atomic E-state index is -0.525. The molecule has 4 nitrogen and oxygen atoms in total. The fourth-order valence-electron chi connectivity index (χ4n) is 9.22. The molecule has 2 N–H and O–H groups in total. The minimum Gasteiger partial charge on any atom is -0.392 e. The normalized spacial score (nSPS) is 60.2. The Balaban J connectivity index is 1.32. The molecular weight excluding hydrogens is 388 g/mol. The number of aliphatic hydroxyl groups is 2. The number of hydrogen-bond acceptors (Lipinski definition) is 4. The van der Waals surface area contributed by atoms with E-state index in [4.69, 9.17) is 9.47 Å². The van der Waals surface area contributed by atoms with Gasteiger partial charge in [0.05, 0.1) is 24.9 Å². The average Bonchev–Trinajstić information content (AvgIpc) is 3.16. The summed E-state index contributed by atoms with van der Waals surface area (Å²) in [6, 6.07) is 0. The summed E-state index contributed by atoms with van der Waals surface area (Å²) in [5.41, 5.74) is 1.17. The average molecular weight is 429 g/mol. The molecule has 2 saturated heterocycles. The molecule has 2 heterocycles. The third-order valence-corrected chi connectivity index (χ3v) is 11.0. The van der Waals surface area contributed by atoms with Gasteiger partial charge >= 0.3 is 0 Å². The number of rotatable bonds is 0. The molecule has 0 aromatic carbocycles. The van der Waals surface area contributed by atoms with E-state index >= 15 is 0 Å². The molecule has 4 fully saturated rings. The van der Waals surface area contributed by atoms with Crippen LogP contribution in [0.4, 0.5) is 0 Å². The Morgan fingerprint density at radius 3 is 2.58 bits per heavy atom. The van der Waals surface area contributed by atoms with E-state index in [1.807, 2.05) is 6.08 Å². The van der Waals surface area contributed by atoms with Crippen molar-refractivity contribution in [1.29, 1.82) is 0 Å². The van der Waals surface area contributed by atoms with Crippen LogP contribution < -0.4 is 0 Å². The van der Waals surface area contributed by atoms with Crippen LogP contribution in [0.5, 0.6) is 0 Å². The van der Waals surface area contributed by atoms with Gasteiger partial charge in [0.25, 0.3) is 0 Å². The molecule has 0 bridgehead atoms. The molecule has 4 aliphatic carbocycles. The highest BCUT2D eigenvalue weighted by Crippen LogP contribution is 2.70. The number of hydrogen-bond donors (Lipinski definition) is 2. The summed E-state index contributed by atoms with van der Waals surface area (Å²) in [6.45, 7) is 10.3. The van der Waals surface area contributed by atoms with E-state index in [1.165, 1.54) is 12.8 Å². The van der Waals surface area contributed by atoms with Crippen molar-refractivity contribution in [2.45, 2.75) is 90.3 Å². The molecule has 2 aliphatic heterocycles. The molecule has 6 aliphatic rings. The van der Waals surface area contributed by atoms with Crippen molar-refractivity contribution in [3.63, 3.8) is 0 Å². The van der Waals surface area contributed by atoms with Gasteiger partial charge in [0, 0.05) is 24.2 Å². The monoisotopic (exact) mass is 428 g/mol. The van der Waals surface area contributed by atoms with E-state index in [0.717, 1.165) is 31.4 Å². The molecule has 12 atom stereocenters. The summed E-state index contributed by atoms with van der Waals surface area (Å²) >= 11 is 0. The van der Waals surface area contributed by atoms with Crippen molar-refractivity contribution in [1.82, 2.24) is 0 Å². The van der Waals surface area contributed by atoms with Crippen LogP contribution >= 0.6 is 0 Å². The smallest absolute Gasteiger partial charge is 0.171 e. The lowest BCUT2D eigenvalue weighted by Crippen LogP contribution is -2.55. The van der Waals surface area contributed by atoms with Crippen molar-refractivity contribution in [3.8, 4) is 0 Å². The summed E-state index contributed by atoms with van der Waals surface area (Å²) in [7, 11) is 0. The maximum absolute atomic E-state index is 11.1. The highest BCUT2D eigenvalue weighted by Gasteiger charge is 2.68. The zero-order valence-corrected chi connectivity index (χ0v) is 19.6. The lowest BCUT2D eigenvalue weighted by molar-refractivity contribution is -0.272. The van der Waals surface area contributed by atoms with Crippen molar-refractivity contribution in [3.05, 3.63) is 23.8 Å². The predicted molar refractivity (Wildman–Crippen MR) is 119 cm³/mol. The molecule has 0 radical (unpaired) electrons. The van der Waals surface area contributed by atoms with Gasteiger partial charge in [-0.2, -0.15) is 0 Å². The molecule has 1 spiro atoms. The van der Waals surface area contributed by atoms with E-state index < -0.39 is 12.2 Å². The van der Waals surface area contributed by atoms with Crippen molar-refractivity contribution in [2.24, 2.45) is 46.3 Å². The lowest BCUT2D eigenvalue weighted by Gasteiger charge is -2.58. The molecular formula is C27H40O4. The topological polar surface area (TPSA) is 58.9 Å². The number of allylic oxidation sites excluding steroid dienone is 2. The van der Waals surface area contributed by atoms with Gasteiger partial charge in [-0.1, -0.05) is 45.9 Å². The van der Waals surface area contributed by atoms with Crippen molar-refractivity contribution in [2.75, 3.05) is 6.61 Å². The Hall–Kier alpha value is -0.680. The third-order valence-electron chi connectivity index (χ3n) is 11.0. The minimum absolute atomic E-state index is 0.242.